The Morgan fingerprint density at radius 1 is 0.767 bits per heavy atom. The van der Waals surface area contributed by atoms with Crippen molar-refractivity contribution in [2.75, 3.05) is 5.32 Å². The van der Waals surface area contributed by atoms with Gasteiger partial charge in [-0.25, -0.2) is 4.79 Å². The quantitative estimate of drug-likeness (QED) is 0.314. The first-order valence-electron chi connectivity index (χ1n) is 9.86. The van der Waals surface area contributed by atoms with E-state index in [1.54, 1.807) is 24.3 Å². The molecule has 0 unspecified atom stereocenters. The second kappa shape index (κ2) is 7.64. The zero-order valence-corrected chi connectivity index (χ0v) is 17.2. The van der Waals surface area contributed by atoms with Gasteiger partial charge >= 0.3 is 6.09 Å². The third-order valence-electron chi connectivity index (χ3n) is 4.78. The molecule has 150 valence electrons. The molecule has 0 radical (unpaired) electrons. The van der Waals surface area contributed by atoms with Crippen LogP contribution in [0.25, 0.3) is 21.5 Å². The summed E-state index contributed by atoms with van der Waals surface area (Å²) in [6, 6.07) is 24.9. The predicted molar refractivity (Wildman–Crippen MR) is 121 cm³/mol. The van der Waals surface area contributed by atoms with E-state index in [1.807, 2.05) is 57.2 Å². The summed E-state index contributed by atoms with van der Waals surface area (Å²) in [6.07, 6.45) is -0.525. The molecule has 0 aromatic heterocycles. The smallest absolute Gasteiger partial charge is 0.412 e. The molecule has 0 bridgehead atoms. The van der Waals surface area contributed by atoms with Gasteiger partial charge in [-0.1, -0.05) is 42.5 Å². The molecule has 0 aliphatic carbocycles. The van der Waals surface area contributed by atoms with Crippen LogP contribution in [0.4, 0.5) is 10.5 Å². The van der Waals surface area contributed by atoms with E-state index in [4.69, 9.17) is 4.74 Å². The Morgan fingerprint density at radius 3 is 2.07 bits per heavy atom. The molecule has 30 heavy (non-hydrogen) atoms. The highest BCUT2D eigenvalue weighted by Gasteiger charge is 2.17. The molecular formula is C26H23NO3. The van der Waals surface area contributed by atoms with Gasteiger partial charge in [-0.05, 0) is 78.7 Å². The summed E-state index contributed by atoms with van der Waals surface area (Å²) in [5.41, 5.74) is 1.22. The van der Waals surface area contributed by atoms with E-state index in [1.165, 1.54) is 0 Å². The number of anilines is 1. The SMILES string of the molecule is CC(C)(C)OC(=O)Nc1ccc(C(=O)c2cccc3cc4ccccc4cc23)cc1. The molecule has 0 heterocycles. The molecule has 4 nitrogen and oxygen atoms in total. The van der Waals surface area contributed by atoms with Crippen LogP contribution in [0.5, 0.6) is 0 Å². The zero-order valence-electron chi connectivity index (χ0n) is 17.2. The van der Waals surface area contributed by atoms with Gasteiger partial charge in [-0.15, -0.1) is 0 Å². The molecule has 0 aliphatic heterocycles. The van der Waals surface area contributed by atoms with Crippen molar-refractivity contribution in [1.29, 1.82) is 0 Å². The number of hydrogen-bond acceptors (Lipinski definition) is 3. The third-order valence-corrected chi connectivity index (χ3v) is 4.78. The molecule has 1 N–H and O–H groups in total. The maximum absolute atomic E-state index is 13.2. The van der Waals surface area contributed by atoms with Crippen LogP contribution in [0, 0.1) is 0 Å². The molecule has 0 saturated heterocycles. The predicted octanol–water partition coefficient (Wildman–Crippen LogP) is 6.57. The fourth-order valence-corrected chi connectivity index (χ4v) is 3.45. The highest BCUT2D eigenvalue weighted by molar-refractivity contribution is 6.18. The minimum absolute atomic E-state index is 0.0558. The molecule has 0 spiro atoms. The van der Waals surface area contributed by atoms with Gasteiger partial charge in [0.05, 0.1) is 0 Å². The standard InChI is InChI=1S/C26H23NO3/c1-26(2,3)30-25(29)27-21-13-11-17(12-14-21)24(28)22-10-6-9-20-15-18-7-4-5-8-19(18)16-23(20)22/h4-16H,1-3H3,(H,27,29). The monoisotopic (exact) mass is 397 g/mol. The maximum Gasteiger partial charge on any atom is 0.412 e. The van der Waals surface area contributed by atoms with Crippen molar-refractivity contribution in [2.45, 2.75) is 26.4 Å². The molecular weight excluding hydrogens is 374 g/mol. The Labute approximate surface area is 175 Å². The van der Waals surface area contributed by atoms with Crippen LogP contribution in [-0.4, -0.2) is 17.5 Å². The first kappa shape index (κ1) is 19.6. The maximum atomic E-state index is 13.2. The van der Waals surface area contributed by atoms with Gasteiger partial charge in [0, 0.05) is 16.8 Å². The number of carbonyl (C=O) groups is 2. The number of ketones is 1. The number of rotatable bonds is 3. The third kappa shape index (κ3) is 4.18. The van der Waals surface area contributed by atoms with E-state index in [2.05, 4.69) is 23.5 Å². The number of amides is 1. The second-order valence-electron chi connectivity index (χ2n) is 8.26. The first-order chi connectivity index (χ1) is 14.3. The minimum atomic E-state index is -0.571. The lowest BCUT2D eigenvalue weighted by molar-refractivity contribution is 0.0636. The normalized spacial score (nSPS) is 11.4. The van der Waals surface area contributed by atoms with Gasteiger partial charge in [0.2, 0.25) is 0 Å². The Morgan fingerprint density at radius 2 is 1.40 bits per heavy atom. The van der Waals surface area contributed by atoms with E-state index < -0.39 is 11.7 Å². The van der Waals surface area contributed by atoms with E-state index >= 15 is 0 Å². The fraction of sp³-hybridized carbons (Fsp3) is 0.154. The van der Waals surface area contributed by atoms with Crippen LogP contribution in [-0.2, 0) is 4.74 Å². The number of benzene rings is 4. The summed E-state index contributed by atoms with van der Waals surface area (Å²) in [6.45, 7) is 5.42. The van der Waals surface area contributed by atoms with E-state index in [9.17, 15) is 9.59 Å². The van der Waals surface area contributed by atoms with Gasteiger partial charge in [0.1, 0.15) is 5.60 Å². The van der Waals surface area contributed by atoms with E-state index in [0.717, 1.165) is 21.5 Å². The molecule has 0 saturated carbocycles. The van der Waals surface area contributed by atoms with Crippen LogP contribution >= 0.6 is 0 Å². The molecule has 4 heteroatoms. The largest absolute Gasteiger partial charge is 0.444 e. The number of fused-ring (bicyclic) bond motifs is 2. The number of hydrogen-bond donors (Lipinski definition) is 1. The number of carbonyl (C=O) groups excluding carboxylic acids is 2. The highest BCUT2D eigenvalue weighted by atomic mass is 16.6. The van der Waals surface area contributed by atoms with Crippen molar-refractivity contribution < 1.29 is 14.3 Å². The molecule has 1 amide bonds. The van der Waals surface area contributed by atoms with Crippen molar-refractivity contribution >= 4 is 39.1 Å². The summed E-state index contributed by atoms with van der Waals surface area (Å²) >= 11 is 0. The first-order valence-corrected chi connectivity index (χ1v) is 9.86. The van der Waals surface area contributed by atoms with Crippen LogP contribution in [0.3, 0.4) is 0 Å². The molecule has 0 aliphatic rings. The topological polar surface area (TPSA) is 55.4 Å². The Balaban J connectivity index is 1.62. The number of ether oxygens (including phenoxy) is 1. The van der Waals surface area contributed by atoms with Gasteiger partial charge in [-0.3, -0.25) is 10.1 Å². The zero-order chi connectivity index (χ0) is 21.3. The highest BCUT2D eigenvalue weighted by Crippen LogP contribution is 2.27. The number of nitrogens with one attached hydrogen (secondary N) is 1. The molecule has 0 fully saturated rings. The lowest BCUT2D eigenvalue weighted by Crippen LogP contribution is -2.27. The van der Waals surface area contributed by atoms with Crippen molar-refractivity contribution in [3.8, 4) is 0 Å². The van der Waals surface area contributed by atoms with Crippen LogP contribution in [0.2, 0.25) is 0 Å². The summed E-state index contributed by atoms with van der Waals surface area (Å²) in [7, 11) is 0. The lowest BCUT2D eigenvalue weighted by Gasteiger charge is -2.19. The van der Waals surface area contributed by atoms with Crippen molar-refractivity contribution in [2.24, 2.45) is 0 Å². The van der Waals surface area contributed by atoms with Crippen molar-refractivity contribution in [3.63, 3.8) is 0 Å². The van der Waals surface area contributed by atoms with Gasteiger partial charge in [0.15, 0.2) is 5.78 Å². The average molecular weight is 397 g/mol. The average Bonchev–Trinajstić information content (AvgIpc) is 2.70. The summed E-state index contributed by atoms with van der Waals surface area (Å²) in [4.78, 5) is 25.1. The van der Waals surface area contributed by atoms with Gasteiger partial charge in [0.25, 0.3) is 0 Å². The van der Waals surface area contributed by atoms with Crippen LogP contribution in [0.15, 0.2) is 78.9 Å². The molecule has 4 aromatic rings. The summed E-state index contributed by atoms with van der Waals surface area (Å²) < 4.78 is 5.25. The van der Waals surface area contributed by atoms with Gasteiger partial charge < -0.3 is 4.74 Å². The lowest BCUT2D eigenvalue weighted by atomic mass is 9.95. The van der Waals surface area contributed by atoms with E-state index in [0.29, 0.717) is 16.8 Å². The van der Waals surface area contributed by atoms with Gasteiger partial charge in [-0.2, -0.15) is 0 Å². The Bertz CT molecular complexity index is 1250. The Kier molecular flexibility index (Phi) is 5.00. The second-order valence-corrected chi connectivity index (χ2v) is 8.26. The minimum Gasteiger partial charge on any atom is -0.444 e. The summed E-state index contributed by atoms with van der Waals surface area (Å²) in [5, 5.41) is 6.88. The molecule has 4 aromatic carbocycles. The van der Waals surface area contributed by atoms with Crippen molar-refractivity contribution in [3.05, 3.63) is 90.0 Å². The van der Waals surface area contributed by atoms with E-state index in [-0.39, 0.29) is 5.78 Å². The Hall–Kier alpha value is -3.66. The molecule has 4 rings (SSSR count). The fourth-order valence-electron chi connectivity index (χ4n) is 3.45. The van der Waals surface area contributed by atoms with Crippen molar-refractivity contribution in [1.82, 2.24) is 0 Å². The van der Waals surface area contributed by atoms with Crippen LogP contribution < -0.4 is 5.32 Å². The molecule has 0 atom stereocenters. The van der Waals surface area contributed by atoms with Crippen LogP contribution in [0.1, 0.15) is 36.7 Å². The summed E-state index contributed by atoms with van der Waals surface area (Å²) in [5.74, 6) is -0.0558.